The third-order valence-corrected chi connectivity index (χ3v) is 3.98. The number of nitrogens with two attached hydrogens (primary N) is 1. The summed E-state index contributed by atoms with van der Waals surface area (Å²) in [5.74, 6) is 0.792. The average Bonchev–Trinajstić information content (AvgIpc) is 2.88. The molecule has 0 bridgehead atoms. The van der Waals surface area contributed by atoms with Crippen molar-refractivity contribution >= 4 is 21.4 Å². The van der Waals surface area contributed by atoms with Crippen LogP contribution in [0, 0.1) is 0 Å². The highest BCUT2D eigenvalue weighted by molar-refractivity contribution is 7.17. The molecule has 2 heterocycles. The van der Waals surface area contributed by atoms with Gasteiger partial charge in [0.1, 0.15) is 12.4 Å². The first-order chi connectivity index (χ1) is 9.36. The number of aromatic nitrogens is 1. The molecule has 0 aliphatic carbocycles. The molecule has 0 amide bonds. The van der Waals surface area contributed by atoms with Crippen LogP contribution in [-0.2, 0) is 13.2 Å². The Morgan fingerprint density at radius 1 is 1.26 bits per heavy atom. The molecule has 4 heteroatoms. The zero-order chi connectivity index (χ0) is 13.1. The Balaban J connectivity index is 1.82. The van der Waals surface area contributed by atoms with E-state index in [0.29, 0.717) is 13.2 Å². The minimum atomic E-state index is 0.563. The minimum Gasteiger partial charge on any atom is -0.487 e. The lowest BCUT2D eigenvalue weighted by molar-refractivity contribution is 0.307. The van der Waals surface area contributed by atoms with Gasteiger partial charge < -0.3 is 10.5 Å². The molecule has 0 saturated heterocycles. The molecule has 2 aromatic heterocycles. The van der Waals surface area contributed by atoms with Crippen LogP contribution in [0.5, 0.6) is 5.75 Å². The van der Waals surface area contributed by atoms with Gasteiger partial charge in [-0.15, -0.1) is 11.3 Å². The molecule has 0 aliphatic heterocycles. The maximum Gasteiger partial charge on any atom is 0.138 e. The second-order valence-electron chi connectivity index (χ2n) is 4.27. The molecule has 0 saturated carbocycles. The molecule has 3 nitrogen and oxygen atoms in total. The van der Waals surface area contributed by atoms with E-state index in [-0.39, 0.29) is 0 Å². The van der Waals surface area contributed by atoms with Gasteiger partial charge in [0.15, 0.2) is 0 Å². The minimum absolute atomic E-state index is 0.563. The van der Waals surface area contributed by atoms with Crippen LogP contribution in [0.2, 0.25) is 0 Å². The third-order valence-electron chi connectivity index (χ3n) is 2.98. The summed E-state index contributed by atoms with van der Waals surface area (Å²) in [6, 6.07) is 10.1. The number of hydrogen-bond acceptors (Lipinski definition) is 4. The van der Waals surface area contributed by atoms with Gasteiger partial charge in [-0.2, -0.15) is 0 Å². The highest BCUT2D eigenvalue weighted by atomic mass is 32.1. The Bertz CT molecular complexity index is 679. The molecular weight excluding hydrogens is 256 g/mol. The summed E-state index contributed by atoms with van der Waals surface area (Å²) in [6.45, 7) is 1.14. The molecule has 0 atom stereocenters. The number of benzene rings is 1. The molecule has 0 spiro atoms. The maximum atomic E-state index is 5.73. The van der Waals surface area contributed by atoms with E-state index in [1.807, 2.05) is 12.1 Å². The Hall–Kier alpha value is -1.91. The fourth-order valence-corrected chi connectivity index (χ4v) is 2.97. The zero-order valence-electron chi connectivity index (χ0n) is 10.4. The first kappa shape index (κ1) is 12.1. The quantitative estimate of drug-likeness (QED) is 0.791. The second-order valence-corrected chi connectivity index (χ2v) is 5.18. The zero-order valence-corrected chi connectivity index (χ0v) is 11.2. The van der Waals surface area contributed by atoms with Crippen molar-refractivity contribution in [3.63, 3.8) is 0 Å². The summed E-state index contributed by atoms with van der Waals surface area (Å²) in [5.41, 5.74) is 8.02. The molecule has 0 unspecified atom stereocenters. The van der Waals surface area contributed by atoms with E-state index < -0.39 is 0 Å². The normalized spacial score (nSPS) is 10.8. The van der Waals surface area contributed by atoms with Gasteiger partial charge in [0.05, 0.1) is 6.20 Å². The van der Waals surface area contributed by atoms with Gasteiger partial charge in [-0.1, -0.05) is 12.1 Å². The number of thiophene rings is 1. The number of nitrogens with zero attached hydrogens (tertiary/aromatic N) is 1. The van der Waals surface area contributed by atoms with Gasteiger partial charge in [-0.05, 0) is 34.5 Å². The van der Waals surface area contributed by atoms with E-state index in [1.54, 1.807) is 23.7 Å². The van der Waals surface area contributed by atoms with Crippen molar-refractivity contribution in [3.05, 3.63) is 59.2 Å². The molecular formula is C15H14N2OS. The number of rotatable bonds is 4. The number of pyridine rings is 1. The fraction of sp³-hybridized carbons (Fsp3) is 0.133. The molecule has 2 N–H and O–H groups in total. The maximum absolute atomic E-state index is 5.73. The predicted octanol–water partition coefficient (Wildman–Crippen LogP) is 3.33. The fourth-order valence-electron chi connectivity index (χ4n) is 1.96. The third kappa shape index (κ3) is 2.59. The van der Waals surface area contributed by atoms with Crippen LogP contribution in [0.3, 0.4) is 0 Å². The molecule has 0 radical (unpaired) electrons. The van der Waals surface area contributed by atoms with Gasteiger partial charge in [0.25, 0.3) is 0 Å². The second kappa shape index (κ2) is 5.38. The van der Waals surface area contributed by atoms with E-state index in [9.17, 15) is 0 Å². The topological polar surface area (TPSA) is 48.1 Å². The first-order valence-corrected chi connectivity index (χ1v) is 6.96. The lowest BCUT2D eigenvalue weighted by Crippen LogP contribution is -1.96. The Labute approximate surface area is 115 Å². The number of fused-ring (bicyclic) bond motifs is 1. The first-order valence-electron chi connectivity index (χ1n) is 6.09. The van der Waals surface area contributed by atoms with E-state index >= 15 is 0 Å². The standard InChI is InChI=1S/C15H14N2OS/c16-7-11-3-4-14-12(10-19-15(14)6-11)9-18-13-2-1-5-17-8-13/h1-6,8,10H,7,9,16H2. The molecule has 19 heavy (non-hydrogen) atoms. The van der Waals surface area contributed by atoms with E-state index in [1.165, 1.54) is 15.6 Å². The van der Waals surface area contributed by atoms with Crippen LogP contribution < -0.4 is 10.5 Å². The van der Waals surface area contributed by atoms with Crippen LogP contribution in [0.25, 0.3) is 10.1 Å². The van der Waals surface area contributed by atoms with Crippen molar-refractivity contribution in [1.29, 1.82) is 0 Å². The van der Waals surface area contributed by atoms with Crippen molar-refractivity contribution in [3.8, 4) is 5.75 Å². The van der Waals surface area contributed by atoms with Crippen molar-refractivity contribution in [2.45, 2.75) is 13.2 Å². The van der Waals surface area contributed by atoms with Crippen LogP contribution in [-0.4, -0.2) is 4.98 Å². The van der Waals surface area contributed by atoms with Crippen LogP contribution in [0.1, 0.15) is 11.1 Å². The lowest BCUT2D eigenvalue weighted by Gasteiger charge is -2.04. The van der Waals surface area contributed by atoms with E-state index in [4.69, 9.17) is 10.5 Å². The summed E-state index contributed by atoms with van der Waals surface area (Å²) >= 11 is 1.73. The molecule has 96 valence electrons. The van der Waals surface area contributed by atoms with Crippen LogP contribution in [0.4, 0.5) is 0 Å². The van der Waals surface area contributed by atoms with Crippen molar-refractivity contribution in [2.24, 2.45) is 5.73 Å². The van der Waals surface area contributed by atoms with Crippen LogP contribution >= 0.6 is 11.3 Å². The highest BCUT2D eigenvalue weighted by Gasteiger charge is 2.05. The summed E-state index contributed by atoms with van der Waals surface area (Å²) in [7, 11) is 0. The van der Waals surface area contributed by atoms with E-state index in [2.05, 4.69) is 28.6 Å². The van der Waals surface area contributed by atoms with Gasteiger partial charge in [0.2, 0.25) is 0 Å². The summed E-state index contributed by atoms with van der Waals surface area (Å²) in [6.07, 6.45) is 3.46. The van der Waals surface area contributed by atoms with Crippen molar-refractivity contribution < 1.29 is 4.74 Å². The summed E-state index contributed by atoms with van der Waals surface area (Å²) in [5, 5.41) is 3.38. The van der Waals surface area contributed by atoms with Crippen molar-refractivity contribution in [2.75, 3.05) is 0 Å². The van der Waals surface area contributed by atoms with Gasteiger partial charge in [0, 0.05) is 23.0 Å². The summed E-state index contributed by atoms with van der Waals surface area (Å²) < 4.78 is 6.99. The highest BCUT2D eigenvalue weighted by Crippen LogP contribution is 2.27. The SMILES string of the molecule is NCc1ccc2c(COc3cccnc3)csc2c1. The van der Waals surface area contributed by atoms with Crippen LogP contribution in [0.15, 0.2) is 48.1 Å². The Morgan fingerprint density at radius 2 is 2.21 bits per heavy atom. The van der Waals surface area contributed by atoms with Gasteiger partial charge in [-0.3, -0.25) is 4.98 Å². The van der Waals surface area contributed by atoms with Crippen molar-refractivity contribution in [1.82, 2.24) is 4.98 Å². The lowest BCUT2D eigenvalue weighted by atomic mass is 10.1. The predicted molar refractivity (Wildman–Crippen MR) is 78.3 cm³/mol. The summed E-state index contributed by atoms with van der Waals surface area (Å²) in [4.78, 5) is 4.03. The monoisotopic (exact) mass is 270 g/mol. The average molecular weight is 270 g/mol. The molecule has 3 aromatic rings. The molecule has 0 aliphatic rings. The number of hydrogen-bond donors (Lipinski definition) is 1. The van der Waals surface area contributed by atoms with Gasteiger partial charge >= 0.3 is 0 Å². The Morgan fingerprint density at radius 3 is 3.00 bits per heavy atom. The van der Waals surface area contributed by atoms with Gasteiger partial charge in [-0.25, -0.2) is 0 Å². The number of ether oxygens (including phenoxy) is 1. The largest absolute Gasteiger partial charge is 0.487 e. The Kier molecular flexibility index (Phi) is 3.44. The molecule has 1 aromatic carbocycles. The molecule has 3 rings (SSSR count). The van der Waals surface area contributed by atoms with E-state index in [0.717, 1.165) is 11.3 Å². The smallest absolute Gasteiger partial charge is 0.138 e. The molecule has 0 fully saturated rings.